The number of sulfonamides is 1. The smallest absolute Gasteiger partial charge is 0.354 e. The zero-order valence-electron chi connectivity index (χ0n) is 8.84. The van der Waals surface area contributed by atoms with E-state index in [1.807, 2.05) is 0 Å². The third-order valence-electron chi connectivity index (χ3n) is 1.86. The van der Waals surface area contributed by atoms with Gasteiger partial charge in [-0.1, -0.05) is 0 Å². The fourth-order valence-corrected chi connectivity index (χ4v) is 1.55. The molecule has 0 bridgehead atoms. The number of hydrogen-bond donors (Lipinski definition) is 2. The Bertz CT molecular complexity index is 479. The molecule has 0 saturated carbocycles. The van der Waals surface area contributed by atoms with Crippen molar-refractivity contribution in [3.05, 3.63) is 24.0 Å². The third-order valence-corrected chi connectivity index (χ3v) is 3.62. The molecule has 88 valence electrons. The highest BCUT2D eigenvalue weighted by Crippen LogP contribution is 2.11. The second kappa shape index (κ2) is 4.48. The van der Waals surface area contributed by atoms with Gasteiger partial charge in [-0.25, -0.2) is 18.2 Å². The topological polar surface area (TPSA) is 96.4 Å². The molecule has 1 aromatic heterocycles. The first kappa shape index (κ1) is 12.4. The number of carboxylic acids is 1. The summed E-state index contributed by atoms with van der Waals surface area (Å²) in [5, 5.41) is 8.03. The lowest BCUT2D eigenvalue weighted by atomic mass is 10.3. The van der Waals surface area contributed by atoms with Gasteiger partial charge in [0.25, 0.3) is 0 Å². The Hall–Kier alpha value is -1.63. The van der Waals surface area contributed by atoms with Crippen molar-refractivity contribution in [2.45, 2.75) is 19.1 Å². The van der Waals surface area contributed by atoms with E-state index in [0.717, 1.165) is 0 Å². The molecule has 0 radical (unpaired) electrons. The van der Waals surface area contributed by atoms with E-state index in [1.165, 1.54) is 18.3 Å². The predicted molar refractivity (Wildman–Crippen MR) is 58.9 cm³/mol. The van der Waals surface area contributed by atoms with Gasteiger partial charge in [0, 0.05) is 0 Å². The van der Waals surface area contributed by atoms with Gasteiger partial charge >= 0.3 is 5.97 Å². The number of nitrogens with one attached hydrogen (secondary N) is 1. The van der Waals surface area contributed by atoms with Crippen LogP contribution >= 0.6 is 0 Å². The monoisotopic (exact) mass is 244 g/mol. The van der Waals surface area contributed by atoms with Crippen molar-refractivity contribution in [3.63, 3.8) is 0 Å². The summed E-state index contributed by atoms with van der Waals surface area (Å²) in [7, 11) is -3.42. The van der Waals surface area contributed by atoms with Crippen molar-refractivity contribution in [3.8, 4) is 0 Å². The van der Waals surface area contributed by atoms with Gasteiger partial charge < -0.3 is 5.11 Å². The number of aromatic nitrogens is 1. The number of nitrogens with zero attached hydrogens (tertiary/aromatic N) is 1. The van der Waals surface area contributed by atoms with E-state index in [1.54, 1.807) is 13.8 Å². The first-order valence-electron chi connectivity index (χ1n) is 4.54. The average molecular weight is 244 g/mol. The molecule has 0 saturated heterocycles. The van der Waals surface area contributed by atoms with Crippen molar-refractivity contribution in [2.75, 3.05) is 4.72 Å². The number of hydrogen-bond acceptors (Lipinski definition) is 4. The lowest BCUT2D eigenvalue weighted by Crippen LogP contribution is -2.22. The zero-order valence-corrected chi connectivity index (χ0v) is 9.65. The molecule has 6 nitrogen and oxygen atoms in total. The zero-order chi connectivity index (χ0) is 12.3. The van der Waals surface area contributed by atoms with Gasteiger partial charge in [-0.15, -0.1) is 0 Å². The number of aromatic carboxylic acids is 1. The van der Waals surface area contributed by atoms with Crippen LogP contribution in [0.4, 0.5) is 5.69 Å². The van der Waals surface area contributed by atoms with Gasteiger partial charge in [-0.3, -0.25) is 4.72 Å². The summed E-state index contributed by atoms with van der Waals surface area (Å²) < 4.78 is 25.2. The van der Waals surface area contributed by atoms with Crippen molar-refractivity contribution >= 4 is 21.7 Å². The molecule has 7 heteroatoms. The normalized spacial score (nSPS) is 11.4. The molecular formula is C9H12N2O4S. The lowest BCUT2D eigenvalue weighted by molar-refractivity contribution is 0.0690. The highest BCUT2D eigenvalue weighted by Gasteiger charge is 2.15. The molecule has 0 aliphatic heterocycles. The van der Waals surface area contributed by atoms with Crippen molar-refractivity contribution in [2.24, 2.45) is 0 Å². The SMILES string of the molecule is CC(C)S(=O)(=O)Nc1ccc(C(=O)O)nc1. The summed E-state index contributed by atoms with van der Waals surface area (Å²) in [5.41, 5.74) is 0.117. The van der Waals surface area contributed by atoms with Gasteiger partial charge in [0.15, 0.2) is 0 Å². The second-order valence-electron chi connectivity index (χ2n) is 3.43. The van der Waals surface area contributed by atoms with Gasteiger partial charge in [0.2, 0.25) is 10.0 Å². The molecule has 1 rings (SSSR count). The van der Waals surface area contributed by atoms with E-state index >= 15 is 0 Å². The molecule has 0 aliphatic rings. The summed E-state index contributed by atoms with van der Waals surface area (Å²) in [6.07, 6.45) is 1.17. The fraction of sp³-hybridized carbons (Fsp3) is 0.333. The summed E-state index contributed by atoms with van der Waals surface area (Å²) in [6.45, 7) is 3.09. The van der Waals surface area contributed by atoms with Crippen LogP contribution in [0.1, 0.15) is 24.3 Å². The number of pyridine rings is 1. The van der Waals surface area contributed by atoms with Gasteiger partial charge in [0.1, 0.15) is 5.69 Å². The largest absolute Gasteiger partial charge is 0.477 e. The summed E-state index contributed by atoms with van der Waals surface area (Å²) in [4.78, 5) is 14.1. The Morgan fingerprint density at radius 2 is 2.06 bits per heavy atom. The molecule has 2 N–H and O–H groups in total. The van der Waals surface area contributed by atoms with Crippen LogP contribution in [-0.4, -0.2) is 29.7 Å². The van der Waals surface area contributed by atoms with Crippen LogP contribution in [0.2, 0.25) is 0 Å². The Balaban J connectivity index is 2.89. The van der Waals surface area contributed by atoms with Crippen molar-refractivity contribution in [1.82, 2.24) is 4.98 Å². The lowest BCUT2D eigenvalue weighted by Gasteiger charge is -2.10. The first-order valence-corrected chi connectivity index (χ1v) is 6.08. The highest BCUT2D eigenvalue weighted by molar-refractivity contribution is 7.93. The Labute approximate surface area is 93.4 Å². The van der Waals surface area contributed by atoms with Crippen LogP contribution in [0.3, 0.4) is 0 Å². The van der Waals surface area contributed by atoms with Crippen LogP contribution in [0.5, 0.6) is 0 Å². The number of anilines is 1. The van der Waals surface area contributed by atoms with Crippen LogP contribution in [0, 0.1) is 0 Å². The third kappa shape index (κ3) is 2.93. The minimum Gasteiger partial charge on any atom is -0.477 e. The first-order chi connectivity index (χ1) is 7.33. The Morgan fingerprint density at radius 1 is 1.44 bits per heavy atom. The quantitative estimate of drug-likeness (QED) is 0.821. The average Bonchev–Trinajstić information content (AvgIpc) is 2.17. The highest BCUT2D eigenvalue weighted by atomic mass is 32.2. The van der Waals surface area contributed by atoms with Crippen LogP contribution in [0.15, 0.2) is 18.3 Å². The maximum absolute atomic E-state index is 11.5. The van der Waals surface area contributed by atoms with Gasteiger partial charge in [0.05, 0.1) is 17.1 Å². The molecule has 0 aromatic carbocycles. The number of carbonyl (C=O) groups is 1. The molecule has 1 heterocycles. The van der Waals surface area contributed by atoms with E-state index in [-0.39, 0.29) is 11.4 Å². The maximum atomic E-state index is 11.5. The molecule has 0 aliphatic carbocycles. The summed E-state index contributed by atoms with van der Waals surface area (Å²) >= 11 is 0. The van der Waals surface area contributed by atoms with Crippen molar-refractivity contribution in [1.29, 1.82) is 0 Å². The molecular weight excluding hydrogens is 232 g/mol. The summed E-state index contributed by atoms with van der Waals surface area (Å²) in [6, 6.07) is 2.59. The molecule has 0 spiro atoms. The molecule has 0 unspecified atom stereocenters. The number of rotatable bonds is 4. The van der Waals surface area contributed by atoms with Crippen LogP contribution in [-0.2, 0) is 10.0 Å². The molecule has 16 heavy (non-hydrogen) atoms. The minimum atomic E-state index is -3.42. The second-order valence-corrected chi connectivity index (χ2v) is 5.67. The molecule has 0 amide bonds. The van der Waals surface area contributed by atoms with E-state index in [4.69, 9.17) is 5.11 Å². The van der Waals surface area contributed by atoms with Gasteiger partial charge in [-0.2, -0.15) is 0 Å². The van der Waals surface area contributed by atoms with E-state index in [2.05, 4.69) is 9.71 Å². The minimum absolute atomic E-state index is 0.132. The summed E-state index contributed by atoms with van der Waals surface area (Å²) in [5.74, 6) is -1.15. The molecule has 0 fully saturated rings. The van der Waals surface area contributed by atoms with Crippen molar-refractivity contribution < 1.29 is 18.3 Å². The van der Waals surface area contributed by atoms with Crippen LogP contribution < -0.4 is 4.72 Å². The number of carboxylic acid groups (broad SMARTS) is 1. The predicted octanol–water partition coefficient (Wildman–Crippen LogP) is 0.930. The Kier molecular flexibility index (Phi) is 3.48. The van der Waals surface area contributed by atoms with E-state index < -0.39 is 21.2 Å². The maximum Gasteiger partial charge on any atom is 0.354 e. The fourth-order valence-electron chi connectivity index (χ4n) is 0.863. The van der Waals surface area contributed by atoms with E-state index in [0.29, 0.717) is 0 Å². The molecule has 0 atom stereocenters. The van der Waals surface area contributed by atoms with Gasteiger partial charge in [-0.05, 0) is 26.0 Å². The van der Waals surface area contributed by atoms with Crippen LogP contribution in [0.25, 0.3) is 0 Å². The molecule has 1 aromatic rings. The standard InChI is InChI=1S/C9H12N2O4S/c1-6(2)16(14,15)11-7-3-4-8(9(12)13)10-5-7/h3-6,11H,1-2H3,(H,12,13). The Morgan fingerprint density at radius 3 is 2.44 bits per heavy atom. The van der Waals surface area contributed by atoms with E-state index in [9.17, 15) is 13.2 Å².